The second-order valence-corrected chi connectivity index (χ2v) is 32.7. The maximum Gasteiger partial charge on any atom is 0.182 e. The van der Waals surface area contributed by atoms with Crippen LogP contribution in [-0.2, 0) is 23.7 Å². The van der Waals surface area contributed by atoms with Crippen molar-refractivity contribution < 1.29 is 0 Å². The lowest BCUT2D eigenvalue weighted by molar-refractivity contribution is 0.660. The Balaban J connectivity index is 0.887. The highest BCUT2D eigenvalue weighted by Crippen LogP contribution is 2.55. The summed E-state index contributed by atoms with van der Waals surface area (Å²) in [5.74, 6) is 0. The fourth-order valence-corrected chi connectivity index (χ4v) is 24.9. The molecule has 1 heteroatoms. The molecule has 0 saturated heterocycles. The molecule has 0 fully saturated rings. The van der Waals surface area contributed by atoms with Crippen LogP contribution in [0.2, 0.25) is 0 Å². The minimum absolute atomic E-state index is 0.0768. The molecule has 0 amide bonds. The average molecular weight is 1280 g/mol. The first-order valence-corrected chi connectivity index (χ1v) is 37.4. The van der Waals surface area contributed by atoms with E-state index in [9.17, 15) is 0 Å². The fraction of sp³-hybridized carbons (Fsp3) is 0.0816. The van der Waals surface area contributed by atoms with Gasteiger partial charge in [0, 0.05) is 10.8 Å². The van der Waals surface area contributed by atoms with Gasteiger partial charge >= 0.3 is 0 Å². The monoisotopic (exact) mass is 1270 g/mol. The smallest absolute Gasteiger partial charge is 0.0838 e. The molecule has 0 saturated carbocycles. The maximum absolute atomic E-state index is 3.60. The van der Waals surface area contributed by atoms with Crippen molar-refractivity contribution in [2.45, 2.75) is 51.4 Å². The number of fused-ring (bicyclic) bond motifs is 14. The predicted molar refractivity (Wildman–Crippen MR) is 426 cm³/mol. The van der Waals surface area contributed by atoms with Crippen LogP contribution in [0.3, 0.4) is 0 Å². The molecular formula is C98H70Si. The van der Waals surface area contributed by atoms with Gasteiger partial charge in [-0.1, -0.05) is 343 Å². The van der Waals surface area contributed by atoms with E-state index in [4.69, 9.17) is 0 Å². The van der Waals surface area contributed by atoms with Crippen molar-refractivity contribution in [3.8, 4) is 66.8 Å². The first kappa shape index (κ1) is 57.7. The lowest BCUT2D eigenvalue weighted by atomic mass is 9.77. The quantitative estimate of drug-likeness (QED) is 0.0616. The van der Waals surface area contributed by atoms with E-state index in [1.54, 1.807) is 0 Å². The minimum atomic E-state index is -3.60. The molecule has 0 unspecified atom stereocenters. The summed E-state index contributed by atoms with van der Waals surface area (Å²) in [5.41, 5.74) is 24.0. The molecule has 0 atom stereocenters. The van der Waals surface area contributed by atoms with Crippen LogP contribution in [0.25, 0.3) is 142 Å². The van der Waals surface area contributed by atoms with Gasteiger partial charge in [0.1, 0.15) is 0 Å². The zero-order valence-electron chi connectivity index (χ0n) is 56.1. The zero-order valence-corrected chi connectivity index (χ0v) is 57.1. The molecule has 0 nitrogen and oxygen atoms in total. The van der Waals surface area contributed by atoms with Gasteiger partial charge in [-0.25, -0.2) is 0 Å². The van der Waals surface area contributed by atoms with Crippen LogP contribution in [0.1, 0.15) is 61.1 Å². The largest absolute Gasteiger partial charge is 0.182 e. The molecule has 0 bridgehead atoms. The topological polar surface area (TPSA) is 0 Å². The number of allylic oxidation sites excluding steroid dienone is 2. The van der Waals surface area contributed by atoms with Crippen LogP contribution in [-0.4, -0.2) is 8.07 Å². The average Bonchev–Trinajstić information content (AvgIpc) is 1.66. The molecule has 3 aliphatic rings. The molecule has 0 N–H and O–H groups in total. The summed E-state index contributed by atoms with van der Waals surface area (Å²) in [5, 5.41) is 23.3. The van der Waals surface area contributed by atoms with Crippen molar-refractivity contribution in [2.75, 3.05) is 0 Å². The molecule has 20 rings (SSSR count). The van der Waals surface area contributed by atoms with Crippen LogP contribution < -0.4 is 20.7 Å². The molecule has 466 valence electrons. The normalized spacial score (nSPS) is 14.1. The first-order valence-electron chi connectivity index (χ1n) is 35.4. The highest BCUT2D eigenvalue weighted by Gasteiger charge is 2.47. The van der Waals surface area contributed by atoms with Crippen LogP contribution in [0.15, 0.2) is 328 Å². The Kier molecular flexibility index (Phi) is 12.7. The summed E-state index contributed by atoms with van der Waals surface area (Å²) in [6.07, 6.45) is 6.56. The summed E-state index contributed by atoms with van der Waals surface area (Å²) in [6, 6.07) is 122. The van der Waals surface area contributed by atoms with Crippen LogP contribution in [0, 0.1) is 0 Å². The van der Waals surface area contributed by atoms with Crippen LogP contribution >= 0.6 is 0 Å². The summed E-state index contributed by atoms with van der Waals surface area (Å²) in [6.45, 7) is 9.53. The Morgan fingerprint density at radius 1 is 0.222 bits per heavy atom. The van der Waals surface area contributed by atoms with E-state index in [-0.39, 0.29) is 10.8 Å². The van der Waals surface area contributed by atoms with Gasteiger partial charge in [0.2, 0.25) is 0 Å². The molecule has 0 aliphatic heterocycles. The molecule has 0 aromatic heterocycles. The minimum Gasteiger partial charge on any atom is -0.0838 e. The number of hydrogen-bond acceptors (Lipinski definition) is 0. The lowest BCUT2D eigenvalue weighted by Gasteiger charge is -2.39. The van der Waals surface area contributed by atoms with Crippen molar-refractivity contribution in [1.82, 2.24) is 0 Å². The van der Waals surface area contributed by atoms with Crippen molar-refractivity contribution in [3.63, 3.8) is 0 Å². The second-order valence-electron chi connectivity index (χ2n) is 29.0. The standard InChI is InChI=1S/C98H70Si/c1-97(2)85-53-29-27-35-65(85)83-59-61(55-57-87(83)97)89-67-37-11-15-41-71(67)91(72-42-16-12-38-68(72)89)93-75-45-19-23-49-79(75)95(80-50-24-20-46-76(80)93)99(63-31-7-5-8-32-63,64-33-9-6-10-34-64)96-81-51-25-21-47-77(81)94(78-48-22-26-52-82(78)96)92-73-43-17-13-39-69(73)90(70-40-14-18-44-74(70)92)62-56-58-88-84(60-62)66-36-28-30-54-86(66)98(88,3)4/h5-39,41-43,45-60H,40,44H2,1-4H3. The first-order chi connectivity index (χ1) is 48.7. The summed E-state index contributed by atoms with van der Waals surface area (Å²) >= 11 is 0. The summed E-state index contributed by atoms with van der Waals surface area (Å²) in [4.78, 5) is 0. The molecule has 17 aromatic rings. The molecule has 0 radical (unpaired) electrons. The molecule has 0 heterocycles. The lowest BCUT2D eigenvalue weighted by Crippen LogP contribution is -2.75. The van der Waals surface area contributed by atoms with Gasteiger partial charge in [0.05, 0.1) is 0 Å². The second kappa shape index (κ2) is 21.8. The summed E-state index contributed by atoms with van der Waals surface area (Å²) in [7, 11) is -3.60. The number of rotatable bonds is 8. The van der Waals surface area contributed by atoms with Gasteiger partial charge in [-0.3, -0.25) is 0 Å². The van der Waals surface area contributed by atoms with Crippen molar-refractivity contribution in [1.29, 1.82) is 0 Å². The van der Waals surface area contributed by atoms with E-state index >= 15 is 0 Å². The van der Waals surface area contributed by atoms with E-state index in [2.05, 4.69) is 355 Å². The van der Waals surface area contributed by atoms with Crippen molar-refractivity contribution in [2.24, 2.45) is 0 Å². The SMILES string of the molecule is CC1(C)c2ccccc2-c2cc(-c3c4c(c(-c5c6ccccc6c([Si](c6ccccc6)(c6ccccc6)c6c7ccccc7c(-c7c8ccccc8c(-c8ccc9c(c8)-c8ccccc8C9(C)C)c8ccccc78)c7ccccc67)c6ccccc56)c5ccccc35)CC=CC4)ccc21. The van der Waals surface area contributed by atoms with Gasteiger partial charge < -0.3 is 0 Å². The van der Waals surface area contributed by atoms with Gasteiger partial charge in [-0.2, -0.15) is 0 Å². The highest BCUT2D eigenvalue weighted by molar-refractivity contribution is 7.23. The van der Waals surface area contributed by atoms with Gasteiger partial charge in [-0.05, 0) is 221 Å². The highest BCUT2D eigenvalue weighted by atomic mass is 28.3. The van der Waals surface area contributed by atoms with Gasteiger partial charge in [-0.15, -0.1) is 0 Å². The Bertz CT molecular complexity index is 6130. The van der Waals surface area contributed by atoms with E-state index in [1.165, 1.54) is 196 Å². The van der Waals surface area contributed by atoms with Crippen LogP contribution in [0.4, 0.5) is 0 Å². The Morgan fingerprint density at radius 2 is 0.485 bits per heavy atom. The maximum atomic E-state index is 2.52. The molecule has 99 heavy (non-hydrogen) atoms. The molecule has 17 aromatic carbocycles. The third-order valence-corrected chi connectivity index (χ3v) is 28.4. The molecule has 0 spiro atoms. The third-order valence-electron chi connectivity index (χ3n) is 23.4. The fourth-order valence-electron chi connectivity index (χ4n) is 19.3. The third kappa shape index (κ3) is 8.08. The van der Waals surface area contributed by atoms with Gasteiger partial charge in [0.25, 0.3) is 0 Å². The van der Waals surface area contributed by atoms with Crippen molar-refractivity contribution in [3.05, 3.63) is 361 Å². The summed E-state index contributed by atoms with van der Waals surface area (Å²) < 4.78 is 0. The number of hydrogen-bond donors (Lipinski definition) is 0. The van der Waals surface area contributed by atoms with E-state index in [0.717, 1.165) is 12.8 Å². The van der Waals surface area contributed by atoms with Crippen LogP contribution in [0.5, 0.6) is 0 Å². The van der Waals surface area contributed by atoms with Gasteiger partial charge in [0.15, 0.2) is 8.07 Å². The Hall–Kier alpha value is -11.5. The molecule has 3 aliphatic carbocycles. The zero-order chi connectivity index (χ0) is 65.9. The Morgan fingerprint density at radius 3 is 0.869 bits per heavy atom. The predicted octanol–water partition coefficient (Wildman–Crippen LogP) is 23.1. The number of benzene rings is 17. The van der Waals surface area contributed by atoms with E-state index in [0.29, 0.717) is 0 Å². The van der Waals surface area contributed by atoms with E-state index < -0.39 is 8.07 Å². The van der Waals surface area contributed by atoms with Crippen molar-refractivity contribution >= 4 is 104 Å². The Labute approximate surface area is 579 Å². The molecular weight excluding hydrogens is 1210 g/mol. The van der Waals surface area contributed by atoms with E-state index in [1.807, 2.05) is 0 Å².